The third kappa shape index (κ3) is 15.4. The van der Waals surface area contributed by atoms with Gasteiger partial charge in [0.15, 0.2) is 0 Å². The lowest BCUT2D eigenvalue weighted by Crippen LogP contribution is -2.30. The largest absolute Gasteiger partial charge is 0.507 e. The van der Waals surface area contributed by atoms with E-state index in [0.29, 0.717) is 18.7 Å². The number of carboxylic acids is 1. The predicted octanol–water partition coefficient (Wildman–Crippen LogP) is 7.75. The van der Waals surface area contributed by atoms with E-state index in [9.17, 15) is 14.7 Å². The first-order valence-corrected chi connectivity index (χ1v) is 13.2. The average Bonchev–Trinajstić information content (AvgIpc) is 2.88. The molecule has 202 valence electrons. The fourth-order valence-electron chi connectivity index (χ4n) is 3.35. The van der Waals surface area contributed by atoms with Gasteiger partial charge in [0, 0.05) is 12.3 Å². The molecule has 1 aromatic rings. The van der Waals surface area contributed by atoms with E-state index in [4.69, 9.17) is 9.84 Å². The van der Waals surface area contributed by atoms with Gasteiger partial charge >= 0.3 is 5.97 Å². The molecule has 0 aliphatic heterocycles. The van der Waals surface area contributed by atoms with Gasteiger partial charge in [-0.15, -0.1) is 0 Å². The second kappa shape index (κ2) is 20.8. The molecule has 3 N–H and O–H groups in total. The first-order chi connectivity index (χ1) is 18.0. The maximum Gasteiger partial charge on any atom is 0.339 e. The maximum absolute atomic E-state index is 12.5. The average molecular weight is 510 g/mol. The number of rotatable bonds is 19. The van der Waals surface area contributed by atoms with Gasteiger partial charge in [-0.1, -0.05) is 74.6 Å². The number of aromatic hydroxyl groups is 1. The van der Waals surface area contributed by atoms with E-state index in [-0.39, 0.29) is 17.2 Å². The molecule has 0 saturated heterocycles. The summed E-state index contributed by atoms with van der Waals surface area (Å²) in [4.78, 5) is 23.6. The van der Waals surface area contributed by atoms with Crippen molar-refractivity contribution in [3.8, 4) is 5.75 Å². The summed E-state index contributed by atoms with van der Waals surface area (Å²) < 4.78 is 5.73. The van der Waals surface area contributed by atoms with Crippen LogP contribution in [0.2, 0.25) is 0 Å². The second-order valence-corrected chi connectivity index (χ2v) is 8.50. The fourth-order valence-corrected chi connectivity index (χ4v) is 3.35. The molecule has 0 bridgehead atoms. The maximum atomic E-state index is 12.5. The number of carbonyl (C=O) groups is 2. The molecule has 0 saturated carbocycles. The molecule has 0 radical (unpaired) electrons. The summed E-state index contributed by atoms with van der Waals surface area (Å²) in [5, 5.41) is 21.3. The van der Waals surface area contributed by atoms with Crippen molar-refractivity contribution in [1.29, 1.82) is 0 Å². The number of unbranched alkanes of at least 4 members (excludes halogenated alkanes) is 2. The molecular weight excluding hydrogens is 466 g/mol. The highest BCUT2D eigenvalue weighted by Gasteiger charge is 2.18. The zero-order valence-electron chi connectivity index (χ0n) is 22.3. The van der Waals surface area contributed by atoms with Gasteiger partial charge in [0.1, 0.15) is 17.4 Å². The molecule has 0 aliphatic rings. The fraction of sp³-hybridized carbons (Fsp3) is 0.419. The van der Waals surface area contributed by atoms with E-state index < -0.39 is 12.1 Å². The quantitative estimate of drug-likeness (QED) is 0.101. The molecule has 0 fully saturated rings. The summed E-state index contributed by atoms with van der Waals surface area (Å²) in [5.41, 5.74) is 0.0439. The molecular formula is C31H43NO5. The monoisotopic (exact) mass is 509 g/mol. The lowest BCUT2D eigenvalue weighted by Gasteiger charge is -2.16. The summed E-state index contributed by atoms with van der Waals surface area (Å²) in [6.45, 7) is 4.48. The summed E-state index contributed by atoms with van der Waals surface area (Å²) in [6, 6.07) is 3.93. The highest BCUT2D eigenvalue weighted by molar-refractivity contribution is 5.97. The zero-order chi connectivity index (χ0) is 27.1. The van der Waals surface area contributed by atoms with Crippen molar-refractivity contribution in [2.45, 2.75) is 77.7 Å². The third-order valence-corrected chi connectivity index (χ3v) is 5.40. The lowest BCUT2D eigenvalue weighted by molar-refractivity contribution is -0.127. The normalized spacial score (nSPS) is 13.0. The molecule has 0 spiro atoms. The first-order valence-electron chi connectivity index (χ1n) is 13.2. The van der Waals surface area contributed by atoms with E-state index in [1.165, 1.54) is 18.2 Å². The molecule has 1 atom stereocenters. The van der Waals surface area contributed by atoms with Crippen LogP contribution in [0.3, 0.4) is 0 Å². The van der Waals surface area contributed by atoms with Crippen LogP contribution < -0.4 is 5.32 Å². The van der Waals surface area contributed by atoms with Crippen molar-refractivity contribution in [1.82, 2.24) is 0 Å². The van der Waals surface area contributed by atoms with Crippen LogP contribution in [0.1, 0.15) is 82.0 Å². The van der Waals surface area contributed by atoms with E-state index in [1.54, 1.807) is 0 Å². The van der Waals surface area contributed by atoms with Crippen LogP contribution in [0, 0.1) is 0 Å². The molecule has 1 amide bonds. The number of phenols is 1. The van der Waals surface area contributed by atoms with Crippen LogP contribution >= 0.6 is 0 Å². The Balaban J connectivity index is 2.15. The number of allylic oxidation sites excluding steroid dienone is 10. The Morgan fingerprint density at radius 1 is 0.865 bits per heavy atom. The van der Waals surface area contributed by atoms with Crippen molar-refractivity contribution < 1.29 is 24.5 Å². The molecule has 0 aliphatic carbocycles. The third-order valence-electron chi connectivity index (χ3n) is 5.40. The Morgan fingerprint density at radius 2 is 1.43 bits per heavy atom. The number of nitrogens with one attached hydrogen (secondary N) is 1. The molecule has 6 nitrogen and oxygen atoms in total. The summed E-state index contributed by atoms with van der Waals surface area (Å²) >= 11 is 0. The molecule has 0 heterocycles. The van der Waals surface area contributed by atoms with Crippen LogP contribution in [0.4, 0.5) is 5.69 Å². The highest BCUT2D eigenvalue weighted by Crippen LogP contribution is 2.22. The van der Waals surface area contributed by atoms with Crippen molar-refractivity contribution in [3.63, 3.8) is 0 Å². The Hall–Kier alpha value is -3.38. The number of ether oxygens (including phenoxy) is 1. The number of hydrogen-bond acceptors (Lipinski definition) is 4. The van der Waals surface area contributed by atoms with Crippen molar-refractivity contribution in [2.75, 3.05) is 11.9 Å². The number of amides is 1. The van der Waals surface area contributed by atoms with Gasteiger partial charge < -0.3 is 20.3 Å². The smallest absolute Gasteiger partial charge is 0.339 e. The van der Waals surface area contributed by atoms with E-state index >= 15 is 0 Å². The molecule has 0 aromatic heterocycles. The van der Waals surface area contributed by atoms with E-state index in [1.807, 2.05) is 6.92 Å². The van der Waals surface area contributed by atoms with Crippen molar-refractivity contribution >= 4 is 17.6 Å². The van der Waals surface area contributed by atoms with E-state index in [0.717, 1.165) is 51.4 Å². The number of hydrogen-bond donors (Lipinski definition) is 3. The number of carboxylic acid groups (broad SMARTS) is 1. The van der Waals surface area contributed by atoms with Crippen molar-refractivity contribution in [2.24, 2.45) is 0 Å². The van der Waals surface area contributed by atoms with Gasteiger partial charge in [0.25, 0.3) is 5.91 Å². The van der Waals surface area contributed by atoms with Crippen LogP contribution in [0.15, 0.2) is 79.0 Å². The molecule has 37 heavy (non-hydrogen) atoms. The van der Waals surface area contributed by atoms with Gasteiger partial charge in [0.2, 0.25) is 0 Å². The standard InChI is InChI=1S/C31H43NO5/c1-3-5-6-7-8-9-10-11-12-13-14-15-16-17-18-19-20-21-24-37-29(4-2)30(34)32-26-22-23-28(33)27(25-26)31(35)36/h5-6,8-9,11-12,14-15,17-18,22-23,25,29,33H,3-4,7,10,13,16,19-21,24H2,1-2H3,(H,32,34)(H,35,36)/b6-5-,9-8-,12-11-,15-14-,18-17-/t29-/m0/s1. The molecule has 0 unspecified atom stereocenters. The Bertz CT molecular complexity index is 943. The van der Waals surface area contributed by atoms with Gasteiger partial charge in [-0.25, -0.2) is 4.79 Å². The van der Waals surface area contributed by atoms with Crippen LogP contribution in [-0.2, 0) is 9.53 Å². The number of benzene rings is 1. The Kier molecular flexibility index (Phi) is 17.8. The minimum Gasteiger partial charge on any atom is -0.507 e. The van der Waals surface area contributed by atoms with Gasteiger partial charge in [-0.2, -0.15) is 0 Å². The van der Waals surface area contributed by atoms with Gasteiger partial charge in [-0.3, -0.25) is 4.79 Å². The van der Waals surface area contributed by atoms with Gasteiger partial charge in [-0.05, 0) is 76.0 Å². The minimum absolute atomic E-state index is 0.262. The SMILES string of the molecule is CC/C=C\C/C=C\C/C=C\C/C=C\C/C=C\CCCCO[C@@H](CC)C(=O)Nc1ccc(O)c(C(=O)O)c1. The predicted molar refractivity (Wildman–Crippen MR) is 152 cm³/mol. The van der Waals surface area contributed by atoms with E-state index in [2.05, 4.69) is 73.0 Å². The van der Waals surface area contributed by atoms with Gasteiger partial charge in [0.05, 0.1) is 0 Å². The first kappa shape index (κ1) is 31.6. The summed E-state index contributed by atoms with van der Waals surface area (Å²) in [5.74, 6) is -1.94. The molecule has 6 heteroatoms. The molecule has 1 aromatic carbocycles. The summed E-state index contributed by atoms with van der Waals surface area (Å²) in [7, 11) is 0. The number of anilines is 1. The van der Waals surface area contributed by atoms with Crippen LogP contribution in [-0.4, -0.2) is 34.8 Å². The lowest BCUT2D eigenvalue weighted by atomic mass is 10.1. The highest BCUT2D eigenvalue weighted by atomic mass is 16.5. The Labute approximate surface area is 222 Å². The minimum atomic E-state index is -1.26. The summed E-state index contributed by atoms with van der Waals surface area (Å²) in [6.07, 6.45) is 29.5. The topological polar surface area (TPSA) is 95.9 Å². The zero-order valence-corrected chi connectivity index (χ0v) is 22.3. The number of carbonyl (C=O) groups excluding carboxylic acids is 1. The Morgan fingerprint density at radius 3 is 1.97 bits per heavy atom. The molecule has 1 rings (SSSR count). The number of aromatic carboxylic acids is 1. The second-order valence-electron chi connectivity index (χ2n) is 8.50. The van der Waals surface area contributed by atoms with Crippen LogP contribution in [0.5, 0.6) is 5.75 Å². The van der Waals surface area contributed by atoms with Crippen LogP contribution in [0.25, 0.3) is 0 Å². The van der Waals surface area contributed by atoms with Crippen molar-refractivity contribution in [3.05, 3.63) is 84.5 Å².